The lowest BCUT2D eigenvalue weighted by Gasteiger charge is -2.31. The Labute approximate surface area is 220 Å². The fraction of sp³-hybridized carbons (Fsp3) is 0.333. The molecule has 0 radical (unpaired) electrons. The van der Waals surface area contributed by atoms with Crippen LogP contribution in [0.1, 0.15) is 23.7 Å². The zero-order valence-electron chi connectivity index (χ0n) is 19.9. The predicted octanol–water partition coefficient (Wildman–Crippen LogP) is 3.49. The molecule has 0 fully saturated rings. The number of aliphatic hydroxyl groups excluding tert-OH is 1. The summed E-state index contributed by atoms with van der Waals surface area (Å²) in [5.41, 5.74) is 0.0537. The van der Waals surface area contributed by atoms with Crippen molar-refractivity contribution in [3.63, 3.8) is 0 Å². The van der Waals surface area contributed by atoms with Gasteiger partial charge in [-0.3, -0.25) is 9.32 Å². The van der Waals surface area contributed by atoms with Crippen molar-refractivity contribution in [2.45, 2.75) is 26.1 Å². The van der Waals surface area contributed by atoms with Crippen molar-refractivity contribution in [2.75, 3.05) is 20.4 Å². The molecular formula is C21H23ClF4N5O6P. The number of halogens is 5. The Morgan fingerprint density at radius 2 is 2.03 bits per heavy atom. The summed E-state index contributed by atoms with van der Waals surface area (Å²) in [7, 11) is -1.68. The standard InChI is InChI=1S/C20H19ClF4N5O5P.CH4O/c1-12(21)17(7-28-30(10-31)11-34-36(32)33)29-5-4-14-16(8-29)26-9-27-19(14)35-18-3-2-13(22)6-15(18)20(23,24)25;1-2/h2-3,6-7,9-10,32-33H,4-5,8,11H2,1H3;2H,1H3/b17-12-,28-7-;. The number of hydrogen-bond donors (Lipinski definition) is 3. The van der Waals surface area contributed by atoms with Crippen molar-refractivity contribution in [3.8, 4) is 11.6 Å². The van der Waals surface area contributed by atoms with Gasteiger partial charge in [-0.05, 0) is 31.5 Å². The number of aliphatic hydroxyl groups is 1. The average Bonchev–Trinajstić information content (AvgIpc) is 2.87. The summed E-state index contributed by atoms with van der Waals surface area (Å²) in [6.07, 6.45) is -1.87. The van der Waals surface area contributed by atoms with Gasteiger partial charge in [0.15, 0.2) is 6.73 Å². The van der Waals surface area contributed by atoms with E-state index in [4.69, 9.17) is 31.2 Å². The number of benzene rings is 1. The molecule has 0 saturated heterocycles. The Balaban J connectivity index is 0.00000247. The number of rotatable bonds is 9. The molecule has 3 N–H and O–H groups in total. The number of nitrogens with zero attached hydrogens (tertiary/aromatic N) is 5. The maximum Gasteiger partial charge on any atom is 0.420 e. The molecule has 11 nitrogen and oxygen atoms in total. The maximum atomic E-state index is 13.4. The van der Waals surface area contributed by atoms with Crippen LogP contribution >= 0.6 is 20.2 Å². The van der Waals surface area contributed by atoms with Gasteiger partial charge in [-0.2, -0.15) is 18.3 Å². The van der Waals surface area contributed by atoms with Gasteiger partial charge in [-0.1, -0.05) is 11.6 Å². The quantitative estimate of drug-likeness (QED) is 0.101. The lowest BCUT2D eigenvalue weighted by Crippen LogP contribution is -2.32. The molecular weight excluding hydrogens is 561 g/mol. The van der Waals surface area contributed by atoms with Gasteiger partial charge in [-0.15, -0.1) is 0 Å². The van der Waals surface area contributed by atoms with Crippen LogP contribution in [0.4, 0.5) is 17.6 Å². The number of aromatic nitrogens is 2. The van der Waals surface area contributed by atoms with Crippen molar-refractivity contribution in [1.82, 2.24) is 19.9 Å². The normalized spacial score (nSPS) is 14.0. The molecule has 0 spiro atoms. The van der Waals surface area contributed by atoms with Gasteiger partial charge in [0.25, 0.3) is 0 Å². The molecule has 3 rings (SSSR count). The molecule has 1 aromatic heterocycles. The largest absolute Gasteiger partial charge is 0.438 e. The number of amides is 1. The Bertz CT molecular complexity index is 1170. The summed E-state index contributed by atoms with van der Waals surface area (Å²) in [5.74, 6) is -1.74. The second-order valence-corrected chi connectivity index (χ2v) is 8.57. The van der Waals surface area contributed by atoms with Crippen molar-refractivity contribution < 1.29 is 46.5 Å². The van der Waals surface area contributed by atoms with Crippen LogP contribution in [0.15, 0.2) is 40.4 Å². The number of hydrazone groups is 1. The summed E-state index contributed by atoms with van der Waals surface area (Å²) in [6, 6.07) is 2.09. The first-order valence-corrected chi connectivity index (χ1v) is 12.0. The van der Waals surface area contributed by atoms with E-state index >= 15 is 0 Å². The minimum atomic E-state index is -4.84. The van der Waals surface area contributed by atoms with E-state index in [2.05, 4.69) is 19.6 Å². The first kappa shape index (κ1) is 31.3. The topological polar surface area (TPSA) is 141 Å². The van der Waals surface area contributed by atoms with Crippen LogP contribution in [0.2, 0.25) is 0 Å². The summed E-state index contributed by atoms with van der Waals surface area (Å²) < 4.78 is 63.5. The molecule has 208 valence electrons. The highest BCUT2D eigenvalue weighted by Crippen LogP contribution is 2.39. The maximum absolute atomic E-state index is 13.4. The fourth-order valence-electron chi connectivity index (χ4n) is 3.25. The summed E-state index contributed by atoms with van der Waals surface area (Å²) in [6.45, 7) is 1.55. The van der Waals surface area contributed by atoms with Gasteiger partial charge in [0.2, 0.25) is 12.3 Å². The van der Waals surface area contributed by atoms with Crippen LogP contribution in [-0.2, 0) is 28.5 Å². The Hall–Kier alpha value is -2.94. The molecule has 0 bridgehead atoms. The fourth-order valence-corrected chi connectivity index (χ4v) is 3.64. The van der Waals surface area contributed by atoms with Gasteiger partial charge in [0.05, 0.1) is 24.2 Å². The van der Waals surface area contributed by atoms with Crippen LogP contribution in [0.25, 0.3) is 0 Å². The Morgan fingerprint density at radius 1 is 1.32 bits per heavy atom. The first-order valence-electron chi connectivity index (χ1n) is 10.5. The summed E-state index contributed by atoms with van der Waals surface area (Å²) in [5, 5.41) is 12.0. The number of alkyl halides is 3. The lowest BCUT2D eigenvalue weighted by atomic mass is 10.1. The molecule has 0 aliphatic carbocycles. The molecule has 38 heavy (non-hydrogen) atoms. The van der Waals surface area contributed by atoms with E-state index in [0.29, 0.717) is 41.0 Å². The SMILES string of the molecule is C/C(Cl)=C(\C=N/N(C=O)COP(O)O)N1CCc2c(ncnc2Oc2ccc(F)cc2C(F)(F)F)C1.CO. The minimum Gasteiger partial charge on any atom is -0.438 e. The van der Waals surface area contributed by atoms with Crippen molar-refractivity contribution in [2.24, 2.45) is 5.10 Å². The number of hydrogen-bond acceptors (Lipinski definition) is 10. The third-order valence-electron chi connectivity index (χ3n) is 4.87. The second-order valence-electron chi connectivity index (χ2n) is 7.24. The predicted molar refractivity (Wildman–Crippen MR) is 128 cm³/mol. The molecule has 2 aromatic rings. The number of allylic oxidation sites excluding steroid dienone is 2. The highest BCUT2D eigenvalue weighted by atomic mass is 35.5. The number of carbonyl (C=O) groups excluding carboxylic acids is 1. The zero-order valence-corrected chi connectivity index (χ0v) is 21.6. The molecule has 0 unspecified atom stereocenters. The highest BCUT2D eigenvalue weighted by Gasteiger charge is 2.35. The molecule has 0 saturated carbocycles. The van der Waals surface area contributed by atoms with Gasteiger partial charge >= 0.3 is 14.8 Å². The number of ether oxygens (including phenoxy) is 1. The van der Waals surface area contributed by atoms with Gasteiger partial charge in [-0.25, -0.2) is 19.4 Å². The monoisotopic (exact) mass is 583 g/mol. The van der Waals surface area contributed by atoms with Gasteiger partial charge in [0.1, 0.15) is 23.5 Å². The zero-order chi connectivity index (χ0) is 28.5. The molecule has 1 aromatic carbocycles. The molecule has 2 heterocycles. The van der Waals surface area contributed by atoms with Gasteiger partial charge < -0.3 is 24.5 Å². The minimum absolute atomic E-state index is 0.0904. The van der Waals surface area contributed by atoms with Crippen LogP contribution in [0, 0.1) is 5.82 Å². The second kappa shape index (κ2) is 14.3. The van der Waals surface area contributed by atoms with E-state index in [9.17, 15) is 22.4 Å². The van der Waals surface area contributed by atoms with Crippen LogP contribution in [-0.4, -0.2) is 67.8 Å². The van der Waals surface area contributed by atoms with Crippen molar-refractivity contribution in [3.05, 3.63) is 57.9 Å². The van der Waals surface area contributed by atoms with E-state index in [-0.39, 0.29) is 18.8 Å². The van der Waals surface area contributed by atoms with E-state index in [1.165, 1.54) is 6.21 Å². The third-order valence-corrected chi connectivity index (χ3v) is 5.41. The van der Waals surface area contributed by atoms with Crippen LogP contribution in [0.5, 0.6) is 11.6 Å². The van der Waals surface area contributed by atoms with Gasteiger partial charge in [0, 0.05) is 24.3 Å². The number of fused-ring (bicyclic) bond motifs is 1. The van der Waals surface area contributed by atoms with E-state index < -0.39 is 38.6 Å². The van der Waals surface area contributed by atoms with Crippen molar-refractivity contribution >= 4 is 32.8 Å². The lowest BCUT2D eigenvalue weighted by molar-refractivity contribution is -0.138. The average molecular weight is 584 g/mol. The molecule has 17 heteroatoms. The van der Waals surface area contributed by atoms with E-state index in [1.807, 2.05) is 0 Å². The molecule has 1 aliphatic rings. The van der Waals surface area contributed by atoms with Crippen LogP contribution < -0.4 is 4.74 Å². The number of carbonyl (C=O) groups is 1. The van der Waals surface area contributed by atoms with Crippen LogP contribution in [0.3, 0.4) is 0 Å². The van der Waals surface area contributed by atoms with Crippen molar-refractivity contribution in [1.29, 1.82) is 0 Å². The highest BCUT2D eigenvalue weighted by molar-refractivity contribution is 7.39. The molecule has 1 amide bonds. The molecule has 0 atom stereocenters. The van der Waals surface area contributed by atoms with E-state index in [1.54, 1.807) is 11.8 Å². The summed E-state index contributed by atoms with van der Waals surface area (Å²) in [4.78, 5) is 38.7. The first-order chi connectivity index (χ1) is 18.0. The smallest absolute Gasteiger partial charge is 0.420 e. The summed E-state index contributed by atoms with van der Waals surface area (Å²) >= 11 is 6.21. The molecule has 1 aliphatic heterocycles. The Morgan fingerprint density at radius 3 is 2.63 bits per heavy atom. The Kier molecular flexibility index (Phi) is 11.8. The third kappa shape index (κ3) is 8.55. The van der Waals surface area contributed by atoms with E-state index in [0.717, 1.165) is 30.6 Å².